The van der Waals surface area contributed by atoms with E-state index in [1.165, 1.54) is 19.1 Å². The van der Waals surface area contributed by atoms with Gasteiger partial charge in [0.1, 0.15) is 5.75 Å². The van der Waals surface area contributed by atoms with Crippen molar-refractivity contribution in [2.75, 3.05) is 32.8 Å². The van der Waals surface area contributed by atoms with Crippen LogP contribution in [0.15, 0.2) is 24.3 Å². The maximum absolute atomic E-state index is 12.4. The third kappa shape index (κ3) is 4.61. The molecule has 0 aliphatic carbocycles. The summed E-state index contributed by atoms with van der Waals surface area (Å²) in [6.45, 7) is 3.03. The summed E-state index contributed by atoms with van der Waals surface area (Å²) < 4.78 is 42.5. The van der Waals surface area contributed by atoms with E-state index in [1.807, 2.05) is 0 Å². The number of alkyl halides is 3. The molecule has 0 N–H and O–H groups in total. The van der Waals surface area contributed by atoms with Gasteiger partial charge < -0.3 is 14.5 Å². The summed E-state index contributed by atoms with van der Waals surface area (Å²) in [6, 6.07) is 4.18. The molecule has 5 nitrogen and oxygen atoms in total. The molecule has 126 valence electrons. The van der Waals surface area contributed by atoms with Gasteiger partial charge in [-0.25, -0.2) is 0 Å². The van der Waals surface area contributed by atoms with Gasteiger partial charge in [0, 0.05) is 33.1 Å². The van der Waals surface area contributed by atoms with Crippen LogP contribution in [0.25, 0.3) is 0 Å². The van der Waals surface area contributed by atoms with Crippen LogP contribution in [0.4, 0.5) is 13.2 Å². The van der Waals surface area contributed by atoms with E-state index in [-0.39, 0.29) is 24.2 Å². The first-order chi connectivity index (χ1) is 10.8. The molecule has 8 heteroatoms. The normalized spacial score (nSPS) is 15.5. The summed E-state index contributed by atoms with van der Waals surface area (Å²) in [4.78, 5) is 26.4. The fourth-order valence-electron chi connectivity index (χ4n) is 2.25. The van der Waals surface area contributed by atoms with Crippen molar-refractivity contribution in [1.29, 1.82) is 0 Å². The molecular formula is C15H17F3N2O3. The van der Waals surface area contributed by atoms with Crippen LogP contribution in [0.2, 0.25) is 0 Å². The van der Waals surface area contributed by atoms with Crippen molar-refractivity contribution < 1.29 is 27.5 Å². The second-order valence-corrected chi connectivity index (χ2v) is 5.20. The lowest BCUT2D eigenvalue weighted by molar-refractivity contribution is -0.139. The molecule has 2 rings (SSSR count). The molecule has 0 spiro atoms. The minimum Gasteiger partial charge on any atom is -0.484 e. The zero-order chi connectivity index (χ0) is 17.0. The molecule has 0 bridgehead atoms. The highest BCUT2D eigenvalue weighted by atomic mass is 19.4. The van der Waals surface area contributed by atoms with Crippen molar-refractivity contribution in [3.05, 3.63) is 29.8 Å². The Bertz CT molecular complexity index is 564. The molecule has 23 heavy (non-hydrogen) atoms. The summed E-state index contributed by atoms with van der Waals surface area (Å²) in [5, 5.41) is 0. The minimum absolute atomic E-state index is 0.0295. The van der Waals surface area contributed by atoms with Gasteiger partial charge in [0.2, 0.25) is 5.91 Å². The monoisotopic (exact) mass is 330 g/mol. The Morgan fingerprint density at radius 3 is 2.04 bits per heavy atom. The number of carbonyl (C=O) groups is 2. The van der Waals surface area contributed by atoms with Crippen LogP contribution >= 0.6 is 0 Å². The fourth-order valence-corrected chi connectivity index (χ4v) is 2.25. The summed E-state index contributed by atoms with van der Waals surface area (Å²) in [5.74, 6) is -0.0834. The molecule has 1 heterocycles. The lowest BCUT2D eigenvalue weighted by Crippen LogP contribution is -2.51. The van der Waals surface area contributed by atoms with E-state index in [9.17, 15) is 22.8 Å². The van der Waals surface area contributed by atoms with Gasteiger partial charge in [-0.2, -0.15) is 13.2 Å². The van der Waals surface area contributed by atoms with Crippen LogP contribution in [0.3, 0.4) is 0 Å². The van der Waals surface area contributed by atoms with E-state index < -0.39 is 11.7 Å². The zero-order valence-corrected chi connectivity index (χ0v) is 12.6. The predicted molar refractivity (Wildman–Crippen MR) is 75.8 cm³/mol. The Kier molecular flexibility index (Phi) is 5.12. The summed E-state index contributed by atoms with van der Waals surface area (Å²) in [6.07, 6.45) is -4.40. The third-order valence-corrected chi connectivity index (χ3v) is 3.62. The summed E-state index contributed by atoms with van der Waals surface area (Å²) in [5.41, 5.74) is -0.767. The number of nitrogens with zero attached hydrogens (tertiary/aromatic N) is 2. The van der Waals surface area contributed by atoms with Crippen molar-refractivity contribution in [2.24, 2.45) is 0 Å². The Hall–Kier alpha value is -2.25. The number of benzene rings is 1. The molecule has 2 amide bonds. The van der Waals surface area contributed by atoms with Crippen molar-refractivity contribution >= 4 is 11.8 Å². The number of hydrogen-bond donors (Lipinski definition) is 0. The van der Waals surface area contributed by atoms with Gasteiger partial charge in [0.25, 0.3) is 5.91 Å². The molecule has 0 saturated carbocycles. The standard InChI is InChI=1S/C15H17F3N2O3/c1-11(21)19-6-8-20(9-7-19)14(22)10-23-13-4-2-12(3-5-13)15(16,17)18/h2-5H,6-10H2,1H3. The molecule has 0 aromatic heterocycles. The van der Waals surface area contributed by atoms with Crippen molar-refractivity contribution in [3.8, 4) is 5.75 Å². The molecule has 1 aliphatic rings. The highest BCUT2D eigenvalue weighted by molar-refractivity contribution is 5.78. The van der Waals surface area contributed by atoms with E-state index in [0.717, 1.165) is 12.1 Å². The first-order valence-corrected chi connectivity index (χ1v) is 7.11. The Balaban J connectivity index is 1.82. The number of halogens is 3. The topological polar surface area (TPSA) is 49.9 Å². The number of rotatable bonds is 3. The third-order valence-electron chi connectivity index (χ3n) is 3.62. The van der Waals surface area contributed by atoms with E-state index in [0.29, 0.717) is 26.2 Å². The van der Waals surface area contributed by atoms with Crippen LogP contribution < -0.4 is 4.74 Å². The highest BCUT2D eigenvalue weighted by Gasteiger charge is 2.30. The maximum atomic E-state index is 12.4. The first kappa shape index (κ1) is 17.1. The lowest BCUT2D eigenvalue weighted by Gasteiger charge is -2.34. The summed E-state index contributed by atoms with van der Waals surface area (Å²) >= 11 is 0. The van der Waals surface area contributed by atoms with Crippen LogP contribution in [-0.2, 0) is 15.8 Å². The molecule has 0 unspecified atom stereocenters. The lowest BCUT2D eigenvalue weighted by atomic mass is 10.2. The Morgan fingerprint density at radius 2 is 1.57 bits per heavy atom. The molecule has 0 atom stereocenters. The molecular weight excluding hydrogens is 313 g/mol. The summed E-state index contributed by atoms with van der Waals surface area (Å²) in [7, 11) is 0. The number of ether oxygens (including phenoxy) is 1. The molecule has 1 aliphatic heterocycles. The van der Waals surface area contributed by atoms with Crippen molar-refractivity contribution in [2.45, 2.75) is 13.1 Å². The molecule has 1 fully saturated rings. The first-order valence-electron chi connectivity index (χ1n) is 7.11. The zero-order valence-electron chi connectivity index (χ0n) is 12.6. The number of amides is 2. The minimum atomic E-state index is -4.40. The van der Waals surface area contributed by atoms with E-state index in [2.05, 4.69) is 0 Å². The quantitative estimate of drug-likeness (QED) is 0.849. The average molecular weight is 330 g/mol. The Labute approximate surface area is 131 Å². The van der Waals surface area contributed by atoms with Crippen LogP contribution in [0.5, 0.6) is 5.75 Å². The molecule has 1 saturated heterocycles. The van der Waals surface area contributed by atoms with Crippen LogP contribution in [0, 0.1) is 0 Å². The SMILES string of the molecule is CC(=O)N1CCN(C(=O)COc2ccc(C(F)(F)F)cc2)CC1. The van der Waals surface area contributed by atoms with Gasteiger partial charge in [-0.05, 0) is 24.3 Å². The number of piperazine rings is 1. The van der Waals surface area contributed by atoms with Crippen molar-refractivity contribution in [1.82, 2.24) is 9.80 Å². The van der Waals surface area contributed by atoms with E-state index in [1.54, 1.807) is 9.80 Å². The highest BCUT2D eigenvalue weighted by Crippen LogP contribution is 2.30. The molecule has 1 aromatic rings. The van der Waals surface area contributed by atoms with Crippen LogP contribution in [-0.4, -0.2) is 54.4 Å². The number of carbonyl (C=O) groups excluding carboxylic acids is 2. The largest absolute Gasteiger partial charge is 0.484 e. The van der Waals surface area contributed by atoms with Gasteiger partial charge >= 0.3 is 6.18 Å². The molecule has 1 aromatic carbocycles. The van der Waals surface area contributed by atoms with Gasteiger partial charge in [-0.1, -0.05) is 0 Å². The van der Waals surface area contributed by atoms with Crippen LogP contribution in [0.1, 0.15) is 12.5 Å². The second kappa shape index (κ2) is 6.89. The van der Waals surface area contributed by atoms with Gasteiger partial charge in [0.15, 0.2) is 6.61 Å². The average Bonchev–Trinajstić information content (AvgIpc) is 2.52. The van der Waals surface area contributed by atoms with Gasteiger partial charge in [-0.3, -0.25) is 9.59 Å². The van der Waals surface area contributed by atoms with E-state index in [4.69, 9.17) is 4.74 Å². The van der Waals surface area contributed by atoms with Gasteiger partial charge in [0.05, 0.1) is 5.56 Å². The predicted octanol–water partition coefficient (Wildman–Crippen LogP) is 1.77. The van der Waals surface area contributed by atoms with Gasteiger partial charge in [-0.15, -0.1) is 0 Å². The maximum Gasteiger partial charge on any atom is 0.416 e. The smallest absolute Gasteiger partial charge is 0.416 e. The van der Waals surface area contributed by atoms with E-state index >= 15 is 0 Å². The number of hydrogen-bond acceptors (Lipinski definition) is 3. The fraction of sp³-hybridized carbons (Fsp3) is 0.467. The van der Waals surface area contributed by atoms with Crippen molar-refractivity contribution in [3.63, 3.8) is 0 Å². The Morgan fingerprint density at radius 1 is 1.04 bits per heavy atom. The molecule has 0 radical (unpaired) electrons. The second-order valence-electron chi connectivity index (χ2n) is 5.20.